The first-order chi connectivity index (χ1) is 8.24. The molecule has 1 rings (SSSR count). The number of halogens is 2. The summed E-state index contributed by atoms with van der Waals surface area (Å²) in [5.41, 5.74) is 0. The van der Waals surface area contributed by atoms with Crippen LogP contribution in [0.15, 0.2) is 22.7 Å². The van der Waals surface area contributed by atoms with E-state index in [1.54, 1.807) is 6.07 Å². The topological polar surface area (TPSA) is 21.3 Å². The van der Waals surface area contributed by atoms with Crippen LogP contribution >= 0.6 is 15.9 Å². The van der Waals surface area contributed by atoms with E-state index in [0.717, 1.165) is 23.9 Å². The number of hydrogen-bond acceptors (Lipinski definition) is 2. The molecule has 0 aromatic heterocycles. The molecule has 1 aromatic rings. The maximum Gasteiger partial charge on any atom is 0.136 e. The van der Waals surface area contributed by atoms with Crippen molar-refractivity contribution in [1.29, 1.82) is 0 Å². The Morgan fingerprint density at radius 3 is 2.76 bits per heavy atom. The van der Waals surface area contributed by atoms with Crippen LogP contribution in [0.5, 0.6) is 5.75 Å². The van der Waals surface area contributed by atoms with Crippen LogP contribution in [0.2, 0.25) is 0 Å². The predicted octanol–water partition coefficient (Wildman–Crippen LogP) is 3.75. The molecule has 0 amide bonds. The summed E-state index contributed by atoms with van der Waals surface area (Å²) in [6.45, 7) is 1.71. The molecule has 0 aliphatic carbocycles. The first-order valence-corrected chi connectivity index (χ1v) is 6.76. The van der Waals surface area contributed by atoms with E-state index >= 15 is 0 Å². The van der Waals surface area contributed by atoms with E-state index in [0.29, 0.717) is 12.4 Å². The highest BCUT2D eigenvalue weighted by molar-refractivity contribution is 9.10. The molecule has 0 fully saturated rings. The Morgan fingerprint density at radius 2 is 2.00 bits per heavy atom. The first kappa shape index (κ1) is 14.5. The Hall–Kier alpha value is -0.610. The van der Waals surface area contributed by atoms with Crippen LogP contribution in [-0.2, 0) is 0 Å². The molecule has 96 valence electrons. The summed E-state index contributed by atoms with van der Waals surface area (Å²) in [7, 11) is 1.96. The Balaban J connectivity index is 2.15. The number of rotatable bonds is 8. The third-order valence-electron chi connectivity index (χ3n) is 2.47. The second-order valence-corrected chi connectivity index (χ2v) is 4.80. The van der Waals surface area contributed by atoms with Gasteiger partial charge in [-0.2, -0.15) is 0 Å². The molecule has 17 heavy (non-hydrogen) atoms. The average molecular weight is 304 g/mol. The van der Waals surface area contributed by atoms with E-state index in [9.17, 15) is 4.39 Å². The molecular formula is C13H19BrFNO. The molecule has 0 bridgehead atoms. The lowest BCUT2D eigenvalue weighted by Crippen LogP contribution is -2.07. The van der Waals surface area contributed by atoms with Crippen LogP contribution in [0.25, 0.3) is 0 Å². The SMILES string of the molecule is CNCCCCCCOc1cc(F)ccc1Br. The van der Waals surface area contributed by atoms with E-state index in [2.05, 4.69) is 21.2 Å². The van der Waals surface area contributed by atoms with Gasteiger partial charge in [-0.3, -0.25) is 0 Å². The Bertz CT molecular complexity index is 333. The van der Waals surface area contributed by atoms with Crippen molar-refractivity contribution in [2.24, 2.45) is 0 Å². The fraction of sp³-hybridized carbons (Fsp3) is 0.538. The van der Waals surface area contributed by atoms with Crippen molar-refractivity contribution in [1.82, 2.24) is 5.32 Å². The van der Waals surface area contributed by atoms with Gasteiger partial charge in [0.2, 0.25) is 0 Å². The van der Waals surface area contributed by atoms with Crippen molar-refractivity contribution in [3.8, 4) is 5.75 Å². The number of ether oxygens (including phenoxy) is 1. The number of unbranched alkanes of at least 4 members (excludes halogenated alkanes) is 3. The second kappa shape index (κ2) is 8.48. The van der Waals surface area contributed by atoms with Crippen molar-refractivity contribution < 1.29 is 9.13 Å². The smallest absolute Gasteiger partial charge is 0.136 e. The third kappa shape index (κ3) is 6.03. The monoisotopic (exact) mass is 303 g/mol. The van der Waals surface area contributed by atoms with E-state index in [1.165, 1.54) is 25.0 Å². The summed E-state index contributed by atoms with van der Waals surface area (Å²) in [6.07, 6.45) is 4.55. The molecule has 0 heterocycles. The maximum absolute atomic E-state index is 13.0. The zero-order valence-electron chi connectivity index (χ0n) is 10.1. The molecule has 0 radical (unpaired) electrons. The summed E-state index contributed by atoms with van der Waals surface area (Å²) in [5, 5.41) is 3.12. The average Bonchev–Trinajstić information content (AvgIpc) is 2.32. The molecular weight excluding hydrogens is 285 g/mol. The summed E-state index contributed by atoms with van der Waals surface area (Å²) in [5.74, 6) is 0.317. The minimum Gasteiger partial charge on any atom is -0.492 e. The van der Waals surface area contributed by atoms with Crippen molar-refractivity contribution in [3.05, 3.63) is 28.5 Å². The van der Waals surface area contributed by atoms with Gasteiger partial charge in [0.25, 0.3) is 0 Å². The standard InChI is InChI=1S/C13H19BrFNO/c1-16-8-4-2-3-5-9-17-13-10-11(15)6-7-12(13)14/h6-7,10,16H,2-5,8-9H2,1H3. The van der Waals surface area contributed by atoms with E-state index in [4.69, 9.17) is 4.74 Å². The summed E-state index contributed by atoms with van der Waals surface area (Å²) < 4.78 is 19.3. The Kier molecular flexibility index (Phi) is 7.21. The lowest BCUT2D eigenvalue weighted by molar-refractivity contribution is 0.301. The summed E-state index contributed by atoms with van der Waals surface area (Å²) in [4.78, 5) is 0. The number of benzene rings is 1. The highest BCUT2D eigenvalue weighted by atomic mass is 79.9. The number of hydrogen-bond donors (Lipinski definition) is 1. The lowest BCUT2D eigenvalue weighted by atomic mass is 10.2. The van der Waals surface area contributed by atoms with Crippen LogP contribution in [-0.4, -0.2) is 20.2 Å². The molecule has 0 spiro atoms. The van der Waals surface area contributed by atoms with Gasteiger partial charge in [-0.05, 0) is 54.5 Å². The minimum atomic E-state index is -0.266. The highest BCUT2D eigenvalue weighted by Crippen LogP contribution is 2.25. The van der Waals surface area contributed by atoms with Crippen molar-refractivity contribution in [3.63, 3.8) is 0 Å². The predicted molar refractivity (Wildman–Crippen MR) is 72.0 cm³/mol. The molecule has 0 saturated heterocycles. The largest absolute Gasteiger partial charge is 0.492 e. The normalized spacial score (nSPS) is 10.5. The van der Waals surface area contributed by atoms with Gasteiger partial charge in [-0.25, -0.2) is 4.39 Å². The van der Waals surface area contributed by atoms with Gasteiger partial charge in [0.1, 0.15) is 11.6 Å². The second-order valence-electron chi connectivity index (χ2n) is 3.94. The molecule has 1 N–H and O–H groups in total. The fourth-order valence-electron chi connectivity index (χ4n) is 1.53. The van der Waals surface area contributed by atoms with Gasteiger partial charge in [0.15, 0.2) is 0 Å². The van der Waals surface area contributed by atoms with Gasteiger partial charge in [-0.15, -0.1) is 0 Å². The minimum absolute atomic E-state index is 0.266. The molecule has 0 atom stereocenters. The van der Waals surface area contributed by atoms with Gasteiger partial charge in [0, 0.05) is 6.07 Å². The van der Waals surface area contributed by atoms with Crippen LogP contribution in [0, 0.1) is 5.82 Å². The Morgan fingerprint density at radius 1 is 1.24 bits per heavy atom. The quantitative estimate of drug-likeness (QED) is 0.739. The molecule has 1 aromatic carbocycles. The summed E-state index contributed by atoms with van der Waals surface area (Å²) in [6, 6.07) is 4.48. The Labute approximate surface area is 111 Å². The van der Waals surface area contributed by atoms with Crippen LogP contribution in [0.4, 0.5) is 4.39 Å². The van der Waals surface area contributed by atoms with Gasteiger partial charge in [0.05, 0.1) is 11.1 Å². The van der Waals surface area contributed by atoms with Gasteiger partial charge in [-0.1, -0.05) is 12.8 Å². The van der Waals surface area contributed by atoms with Crippen LogP contribution < -0.4 is 10.1 Å². The summed E-state index contributed by atoms with van der Waals surface area (Å²) >= 11 is 3.33. The van der Waals surface area contributed by atoms with E-state index in [1.807, 2.05) is 7.05 Å². The van der Waals surface area contributed by atoms with Gasteiger partial charge >= 0.3 is 0 Å². The zero-order valence-corrected chi connectivity index (χ0v) is 11.7. The number of nitrogens with one attached hydrogen (secondary N) is 1. The zero-order chi connectivity index (χ0) is 12.5. The van der Waals surface area contributed by atoms with Crippen molar-refractivity contribution in [2.75, 3.05) is 20.2 Å². The van der Waals surface area contributed by atoms with Crippen molar-refractivity contribution >= 4 is 15.9 Å². The molecule has 0 aliphatic heterocycles. The van der Waals surface area contributed by atoms with E-state index in [-0.39, 0.29) is 5.82 Å². The molecule has 0 unspecified atom stereocenters. The molecule has 0 aliphatic rings. The van der Waals surface area contributed by atoms with Crippen LogP contribution in [0.3, 0.4) is 0 Å². The third-order valence-corrected chi connectivity index (χ3v) is 3.13. The lowest BCUT2D eigenvalue weighted by Gasteiger charge is -2.08. The first-order valence-electron chi connectivity index (χ1n) is 5.96. The maximum atomic E-state index is 13.0. The fourth-order valence-corrected chi connectivity index (χ4v) is 1.89. The highest BCUT2D eigenvalue weighted by Gasteiger charge is 2.02. The van der Waals surface area contributed by atoms with Gasteiger partial charge < -0.3 is 10.1 Å². The van der Waals surface area contributed by atoms with E-state index < -0.39 is 0 Å². The van der Waals surface area contributed by atoms with Crippen molar-refractivity contribution in [2.45, 2.75) is 25.7 Å². The molecule has 4 heteroatoms. The molecule has 0 saturated carbocycles. The van der Waals surface area contributed by atoms with Crippen LogP contribution in [0.1, 0.15) is 25.7 Å². The molecule has 2 nitrogen and oxygen atoms in total.